The van der Waals surface area contributed by atoms with Gasteiger partial charge in [0, 0.05) is 17.6 Å². The van der Waals surface area contributed by atoms with Gasteiger partial charge in [0.2, 0.25) is 0 Å². The molecule has 1 aromatic carbocycles. The van der Waals surface area contributed by atoms with Crippen molar-refractivity contribution in [2.45, 2.75) is 19.8 Å². The minimum Gasteiger partial charge on any atom is -0.481 e. The van der Waals surface area contributed by atoms with Crippen molar-refractivity contribution in [1.29, 1.82) is 0 Å². The lowest BCUT2D eigenvalue weighted by Gasteiger charge is -1.98. The molecule has 2 aromatic rings. The zero-order valence-corrected chi connectivity index (χ0v) is 8.58. The third-order valence-corrected chi connectivity index (χ3v) is 2.45. The third kappa shape index (κ3) is 2.18. The van der Waals surface area contributed by atoms with Crippen LogP contribution in [0.1, 0.15) is 17.7 Å². The van der Waals surface area contributed by atoms with Gasteiger partial charge in [-0.25, -0.2) is 0 Å². The third-order valence-electron chi connectivity index (χ3n) is 2.45. The average molecular weight is 203 g/mol. The number of nitrogens with one attached hydrogen (secondary N) is 1. The number of aliphatic carboxylic acids is 1. The van der Waals surface area contributed by atoms with E-state index < -0.39 is 5.97 Å². The molecule has 1 heterocycles. The van der Waals surface area contributed by atoms with Gasteiger partial charge in [0.25, 0.3) is 0 Å². The summed E-state index contributed by atoms with van der Waals surface area (Å²) in [5.74, 6) is -0.750. The van der Waals surface area contributed by atoms with Gasteiger partial charge >= 0.3 is 5.97 Å². The first-order valence-corrected chi connectivity index (χ1v) is 4.95. The highest BCUT2D eigenvalue weighted by atomic mass is 16.4. The first-order chi connectivity index (χ1) is 7.15. The van der Waals surface area contributed by atoms with Crippen LogP contribution in [0, 0.1) is 6.92 Å². The van der Waals surface area contributed by atoms with Crippen molar-refractivity contribution in [2.75, 3.05) is 0 Å². The van der Waals surface area contributed by atoms with E-state index in [-0.39, 0.29) is 6.42 Å². The van der Waals surface area contributed by atoms with Crippen molar-refractivity contribution in [1.82, 2.24) is 4.98 Å². The van der Waals surface area contributed by atoms with Crippen molar-refractivity contribution >= 4 is 16.9 Å². The molecule has 0 unspecified atom stereocenters. The van der Waals surface area contributed by atoms with Gasteiger partial charge in [0.15, 0.2) is 0 Å². The summed E-state index contributed by atoms with van der Waals surface area (Å²) in [5, 5.41) is 9.73. The molecule has 78 valence electrons. The number of aromatic amines is 1. The van der Waals surface area contributed by atoms with E-state index >= 15 is 0 Å². The van der Waals surface area contributed by atoms with Gasteiger partial charge in [-0.05, 0) is 42.5 Å². The molecule has 0 saturated carbocycles. The number of hydrogen-bond acceptors (Lipinski definition) is 1. The van der Waals surface area contributed by atoms with Gasteiger partial charge < -0.3 is 10.1 Å². The molecule has 3 heteroatoms. The van der Waals surface area contributed by atoms with Crippen molar-refractivity contribution in [3.05, 3.63) is 35.5 Å². The zero-order valence-electron chi connectivity index (χ0n) is 8.58. The van der Waals surface area contributed by atoms with Gasteiger partial charge in [0.1, 0.15) is 0 Å². The number of aromatic nitrogens is 1. The molecule has 0 aliphatic heterocycles. The quantitative estimate of drug-likeness (QED) is 0.805. The summed E-state index contributed by atoms with van der Waals surface area (Å²) in [5.41, 5.74) is 3.30. The highest BCUT2D eigenvalue weighted by Crippen LogP contribution is 2.17. The highest BCUT2D eigenvalue weighted by Gasteiger charge is 2.01. The van der Waals surface area contributed by atoms with Crippen molar-refractivity contribution in [2.24, 2.45) is 0 Å². The van der Waals surface area contributed by atoms with Crippen LogP contribution in [0.5, 0.6) is 0 Å². The number of hydrogen-bond donors (Lipinski definition) is 2. The maximum atomic E-state index is 10.4. The number of H-pyrrole nitrogens is 1. The standard InChI is InChI=1S/C12H13NO2/c1-8-6-10-7-9(3-5-12(14)15)2-4-11(10)13-8/h2,4,6-7,13H,3,5H2,1H3,(H,14,15). The molecule has 2 rings (SSSR count). The second-order valence-electron chi connectivity index (χ2n) is 3.77. The van der Waals surface area contributed by atoms with Crippen LogP contribution >= 0.6 is 0 Å². The van der Waals surface area contributed by atoms with Crippen LogP contribution in [0.25, 0.3) is 10.9 Å². The van der Waals surface area contributed by atoms with E-state index in [9.17, 15) is 4.79 Å². The summed E-state index contributed by atoms with van der Waals surface area (Å²) < 4.78 is 0. The Morgan fingerprint density at radius 1 is 1.40 bits per heavy atom. The molecule has 0 saturated heterocycles. The highest BCUT2D eigenvalue weighted by molar-refractivity contribution is 5.81. The van der Waals surface area contributed by atoms with Crippen LogP contribution in [-0.4, -0.2) is 16.1 Å². The van der Waals surface area contributed by atoms with Crippen LogP contribution in [0.2, 0.25) is 0 Å². The first kappa shape index (κ1) is 9.77. The van der Waals surface area contributed by atoms with Crippen LogP contribution in [-0.2, 0) is 11.2 Å². The number of aryl methyl sites for hydroxylation is 2. The molecule has 2 N–H and O–H groups in total. The molecule has 0 bridgehead atoms. The van der Waals surface area contributed by atoms with Crippen LogP contribution in [0.15, 0.2) is 24.3 Å². The molecule has 0 aliphatic carbocycles. The first-order valence-electron chi connectivity index (χ1n) is 4.95. The maximum absolute atomic E-state index is 10.4. The van der Waals surface area contributed by atoms with Gasteiger partial charge in [-0.1, -0.05) is 6.07 Å². The summed E-state index contributed by atoms with van der Waals surface area (Å²) in [6, 6.07) is 8.09. The van der Waals surface area contributed by atoms with Gasteiger partial charge in [0.05, 0.1) is 0 Å². The molecule has 1 aromatic heterocycles. The Morgan fingerprint density at radius 2 is 2.20 bits per heavy atom. The van der Waals surface area contributed by atoms with E-state index in [0.29, 0.717) is 6.42 Å². The Morgan fingerprint density at radius 3 is 2.93 bits per heavy atom. The molecule has 15 heavy (non-hydrogen) atoms. The fourth-order valence-corrected chi connectivity index (χ4v) is 1.73. The van der Waals surface area contributed by atoms with E-state index in [1.807, 2.05) is 25.1 Å². The summed E-state index contributed by atoms with van der Waals surface area (Å²) in [4.78, 5) is 13.7. The number of carboxylic acids is 1. The monoisotopic (exact) mass is 203 g/mol. The number of rotatable bonds is 3. The van der Waals surface area contributed by atoms with Gasteiger partial charge in [-0.2, -0.15) is 0 Å². The molecular formula is C12H13NO2. The second kappa shape index (κ2) is 3.77. The molecule has 3 nitrogen and oxygen atoms in total. The Hall–Kier alpha value is -1.77. The van der Waals surface area contributed by atoms with Crippen molar-refractivity contribution < 1.29 is 9.90 Å². The minimum atomic E-state index is -0.750. The lowest BCUT2D eigenvalue weighted by molar-refractivity contribution is -0.136. The molecule has 0 atom stereocenters. The lowest BCUT2D eigenvalue weighted by atomic mass is 10.1. The molecule has 0 fully saturated rings. The summed E-state index contributed by atoms with van der Waals surface area (Å²) in [6.45, 7) is 2.01. The zero-order chi connectivity index (χ0) is 10.8. The second-order valence-corrected chi connectivity index (χ2v) is 3.77. The topological polar surface area (TPSA) is 53.1 Å². The van der Waals surface area contributed by atoms with E-state index in [2.05, 4.69) is 11.1 Å². The summed E-state index contributed by atoms with van der Waals surface area (Å²) >= 11 is 0. The fourth-order valence-electron chi connectivity index (χ4n) is 1.73. The average Bonchev–Trinajstić information content (AvgIpc) is 2.53. The van der Waals surface area contributed by atoms with Gasteiger partial charge in [-0.3, -0.25) is 4.79 Å². The fraction of sp³-hybridized carbons (Fsp3) is 0.250. The van der Waals surface area contributed by atoms with E-state index in [1.165, 1.54) is 0 Å². The van der Waals surface area contributed by atoms with E-state index in [0.717, 1.165) is 22.2 Å². The lowest BCUT2D eigenvalue weighted by Crippen LogP contribution is -1.96. The Kier molecular flexibility index (Phi) is 2.46. The molecule has 0 spiro atoms. The van der Waals surface area contributed by atoms with Crippen LogP contribution in [0.3, 0.4) is 0 Å². The SMILES string of the molecule is Cc1cc2cc(CCC(=O)O)ccc2[nH]1. The Bertz CT molecular complexity index is 499. The molecule has 0 amide bonds. The van der Waals surface area contributed by atoms with Crippen molar-refractivity contribution in [3.63, 3.8) is 0 Å². The minimum absolute atomic E-state index is 0.189. The normalized spacial score (nSPS) is 10.7. The van der Waals surface area contributed by atoms with E-state index in [4.69, 9.17) is 5.11 Å². The molecular weight excluding hydrogens is 190 g/mol. The summed E-state index contributed by atoms with van der Waals surface area (Å²) in [6.07, 6.45) is 0.782. The van der Waals surface area contributed by atoms with E-state index in [1.54, 1.807) is 0 Å². The number of carbonyl (C=O) groups is 1. The van der Waals surface area contributed by atoms with Crippen LogP contribution in [0.4, 0.5) is 0 Å². The smallest absolute Gasteiger partial charge is 0.303 e. The molecule has 0 radical (unpaired) electrons. The number of fused-ring (bicyclic) bond motifs is 1. The largest absolute Gasteiger partial charge is 0.481 e. The van der Waals surface area contributed by atoms with Crippen molar-refractivity contribution in [3.8, 4) is 0 Å². The number of carboxylic acid groups (broad SMARTS) is 1. The summed E-state index contributed by atoms with van der Waals surface area (Å²) in [7, 11) is 0. The Balaban J connectivity index is 2.26. The molecule has 0 aliphatic rings. The Labute approximate surface area is 87.7 Å². The number of benzene rings is 1. The predicted molar refractivity (Wildman–Crippen MR) is 59.0 cm³/mol. The van der Waals surface area contributed by atoms with Crippen LogP contribution < -0.4 is 0 Å². The maximum Gasteiger partial charge on any atom is 0.303 e. The van der Waals surface area contributed by atoms with Gasteiger partial charge in [-0.15, -0.1) is 0 Å². The predicted octanol–water partition coefficient (Wildman–Crippen LogP) is 2.49.